The first-order valence-electron chi connectivity index (χ1n) is 10.2. The predicted octanol–water partition coefficient (Wildman–Crippen LogP) is 4.13. The van der Waals surface area contributed by atoms with Crippen LogP contribution in [-0.2, 0) is 33.9 Å². The molecule has 1 N–H and O–H groups in total. The Hall–Kier alpha value is -2.63. The summed E-state index contributed by atoms with van der Waals surface area (Å²) >= 11 is 8.53. The number of amides is 1. The SMILES string of the molecule is CCOC(=O)Cc1csc(NC(=O)CSc2nnc(COc3ccc(Cl)cc3C)n2CC)n1. The number of nitrogens with one attached hydrogen (secondary N) is 1. The van der Waals surface area contributed by atoms with Crippen LogP contribution in [0.15, 0.2) is 28.7 Å². The Morgan fingerprint density at radius 1 is 1.27 bits per heavy atom. The van der Waals surface area contributed by atoms with Gasteiger partial charge in [-0.05, 0) is 44.5 Å². The number of esters is 1. The fraction of sp³-hybridized carbons (Fsp3) is 0.381. The van der Waals surface area contributed by atoms with Crippen LogP contribution in [0.2, 0.25) is 5.02 Å². The molecule has 9 nitrogen and oxygen atoms in total. The Balaban J connectivity index is 1.53. The summed E-state index contributed by atoms with van der Waals surface area (Å²) in [6.45, 7) is 6.86. The van der Waals surface area contributed by atoms with Crippen LogP contribution in [0.1, 0.15) is 30.9 Å². The number of hydrogen-bond donors (Lipinski definition) is 1. The van der Waals surface area contributed by atoms with Crippen LogP contribution >= 0.6 is 34.7 Å². The van der Waals surface area contributed by atoms with Crippen LogP contribution < -0.4 is 10.1 Å². The van der Waals surface area contributed by atoms with Gasteiger partial charge in [-0.3, -0.25) is 9.59 Å². The van der Waals surface area contributed by atoms with Crippen molar-refractivity contribution < 1.29 is 19.1 Å². The van der Waals surface area contributed by atoms with Crippen molar-refractivity contribution in [3.05, 3.63) is 45.7 Å². The number of aromatic nitrogens is 4. The van der Waals surface area contributed by atoms with E-state index >= 15 is 0 Å². The molecule has 3 aromatic rings. The van der Waals surface area contributed by atoms with Gasteiger partial charge in [-0.25, -0.2) is 4.98 Å². The Morgan fingerprint density at radius 2 is 2.09 bits per heavy atom. The molecule has 1 aromatic carbocycles. The van der Waals surface area contributed by atoms with Gasteiger partial charge in [0.05, 0.1) is 24.5 Å². The smallest absolute Gasteiger partial charge is 0.311 e. The molecule has 0 radical (unpaired) electrons. The zero-order valence-electron chi connectivity index (χ0n) is 18.5. The van der Waals surface area contributed by atoms with Gasteiger partial charge >= 0.3 is 5.97 Å². The molecule has 0 aliphatic carbocycles. The highest BCUT2D eigenvalue weighted by Crippen LogP contribution is 2.24. The van der Waals surface area contributed by atoms with Gasteiger partial charge in [-0.2, -0.15) is 0 Å². The summed E-state index contributed by atoms with van der Waals surface area (Å²) in [7, 11) is 0. The number of halogens is 1. The highest BCUT2D eigenvalue weighted by atomic mass is 35.5. The highest BCUT2D eigenvalue weighted by molar-refractivity contribution is 7.99. The number of thiazole rings is 1. The van der Waals surface area contributed by atoms with E-state index in [1.54, 1.807) is 18.4 Å². The Bertz CT molecular complexity index is 1120. The van der Waals surface area contributed by atoms with Crippen LogP contribution in [-0.4, -0.2) is 44.0 Å². The third kappa shape index (κ3) is 7.18. The molecule has 0 saturated carbocycles. The molecule has 0 spiro atoms. The molecule has 176 valence electrons. The van der Waals surface area contributed by atoms with Crippen molar-refractivity contribution in [1.82, 2.24) is 19.7 Å². The Labute approximate surface area is 204 Å². The standard InChI is InChI=1S/C21H24ClN5O4S2/c1-4-27-17(10-31-16-7-6-14(22)8-13(16)3)25-26-21(27)33-12-18(28)24-20-23-15(11-32-20)9-19(29)30-5-2/h6-8,11H,4-5,9-10,12H2,1-3H3,(H,23,24,28). The average molecular weight is 510 g/mol. The number of benzene rings is 1. The van der Waals surface area contributed by atoms with Crippen LogP contribution in [0.4, 0.5) is 5.13 Å². The topological polar surface area (TPSA) is 108 Å². The molecular weight excluding hydrogens is 486 g/mol. The zero-order valence-corrected chi connectivity index (χ0v) is 20.9. The zero-order chi connectivity index (χ0) is 23.8. The van der Waals surface area contributed by atoms with Gasteiger partial charge in [0.25, 0.3) is 0 Å². The Morgan fingerprint density at radius 3 is 2.82 bits per heavy atom. The van der Waals surface area contributed by atoms with Crippen molar-refractivity contribution in [3.63, 3.8) is 0 Å². The number of nitrogens with zero attached hydrogens (tertiary/aromatic N) is 4. The first-order valence-corrected chi connectivity index (χ1v) is 12.5. The highest BCUT2D eigenvalue weighted by Gasteiger charge is 2.15. The summed E-state index contributed by atoms with van der Waals surface area (Å²) in [6.07, 6.45) is 0.0783. The van der Waals surface area contributed by atoms with E-state index in [-0.39, 0.29) is 30.7 Å². The summed E-state index contributed by atoms with van der Waals surface area (Å²) in [6, 6.07) is 5.43. The van der Waals surface area contributed by atoms with Gasteiger partial charge in [-0.15, -0.1) is 21.5 Å². The summed E-state index contributed by atoms with van der Waals surface area (Å²) in [5.41, 5.74) is 1.50. The van der Waals surface area contributed by atoms with Gasteiger partial charge in [-0.1, -0.05) is 23.4 Å². The molecular formula is C21H24ClN5O4S2. The van der Waals surface area contributed by atoms with Crippen LogP contribution in [0.5, 0.6) is 5.75 Å². The van der Waals surface area contributed by atoms with E-state index in [0.29, 0.717) is 40.0 Å². The monoisotopic (exact) mass is 509 g/mol. The molecule has 0 aliphatic heterocycles. The van der Waals surface area contributed by atoms with Gasteiger partial charge in [0.15, 0.2) is 16.1 Å². The largest absolute Gasteiger partial charge is 0.485 e. The molecule has 0 unspecified atom stereocenters. The fourth-order valence-electron chi connectivity index (χ4n) is 2.86. The molecule has 0 saturated heterocycles. The van der Waals surface area contributed by atoms with E-state index in [0.717, 1.165) is 11.3 Å². The maximum atomic E-state index is 12.4. The first kappa shape index (κ1) is 25.0. The number of thioether (sulfide) groups is 1. The number of aryl methyl sites for hydroxylation is 1. The third-order valence-corrected chi connectivity index (χ3v) is 6.37. The summed E-state index contributed by atoms with van der Waals surface area (Å²) in [4.78, 5) is 28.1. The fourth-order valence-corrected chi connectivity index (χ4v) is 4.63. The van der Waals surface area contributed by atoms with Crippen molar-refractivity contribution in [2.45, 2.75) is 45.5 Å². The second-order valence-electron chi connectivity index (χ2n) is 6.80. The minimum absolute atomic E-state index is 0.0783. The molecule has 0 bridgehead atoms. The van der Waals surface area contributed by atoms with E-state index in [4.69, 9.17) is 21.1 Å². The Kier molecular flexibility index (Phi) is 9.10. The minimum Gasteiger partial charge on any atom is -0.485 e. The van der Waals surface area contributed by atoms with E-state index < -0.39 is 0 Å². The molecule has 33 heavy (non-hydrogen) atoms. The maximum Gasteiger partial charge on any atom is 0.311 e. The number of anilines is 1. The van der Waals surface area contributed by atoms with Crippen molar-refractivity contribution in [1.29, 1.82) is 0 Å². The number of rotatable bonds is 11. The quantitative estimate of drug-likeness (QED) is 0.303. The molecule has 0 aliphatic rings. The molecule has 0 atom stereocenters. The van der Waals surface area contributed by atoms with Crippen molar-refractivity contribution in [3.8, 4) is 5.75 Å². The molecule has 12 heteroatoms. The van der Waals surface area contributed by atoms with Crippen molar-refractivity contribution >= 4 is 51.7 Å². The van der Waals surface area contributed by atoms with Gasteiger partial charge in [0, 0.05) is 16.9 Å². The maximum absolute atomic E-state index is 12.4. The van der Waals surface area contributed by atoms with E-state index in [1.165, 1.54) is 23.1 Å². The summed E-state index contributed by atoms with van der Waals surface area (Å²) < 4.78 is 12.7. The van der Waals surface area contributed by atoms with E-state index in [2.05, 4.69) is 20.5 Å². The lowest BCUT2D eigenvalue weighted by atomic mass is 10.2. The van der Waals surface area contributed by atoms with Crippen molar-refractivity contribution in [2.75, 3.05) is 17.7 Å². The second-order valence-corrected chi connectivity index (χ2v) is 9.04. The predicted molar refractivity (Wildman–Crippen MR) is 128 cm³/mol. The molecule has 2 heterocycles. The number of ether oxygens (including phenoxy) is 2. The van der Waals surface area contributed by atoms with Gasteiger partial charge in [0.1, 0.15) is 12.4 Å². The third-order valence-electron chi connectivity index (χ3n) is 4.36. The summed E-state index contributed by atoms with van der Waals surface area (Å²) in [5, 5.41) is 14.6. The van der Waals surface area contributed by atoms with Crippen LogP contribution in [0.3, 0.4) is 0 Å². The molecule has 0 fully saturated rings. The average Bonchev–Trinajstić information content (AvgIpc) is 3.37. The number of carbonyl (C=O) groups is 2. The first-order chi connectivity index (χ1) is 15.9. The lowest BCUT2D eigenvalue weighted by Gasteiger charge is -2.10. The minimum atomic E-state index is -0.346. The molecule has 1 amide bonds. The number of hydrogen-bond acceptors (Lipinski definition) is 9. The number of carbonyl (C=O) groups excluding carboxylic acids is 2. The molecule has 3 rings (SSSR count). The van der Waals surface area contributed by atoms with Crippen LogP contribution in [0.25, 0.3) is 0 Å². The second kappa shape index (κ2) is 12.0. The van der Waals surface area contributed by atoms with Crippen molar-refractivity contribution in [2.24, 2.45) is 0 Å². The lowest BCUT2D eigenvalue weighted by Crippen LogP contribution is -2.15. The van der Waals surface area contributed by atoms with Crippen LogP contribution in [0, 0.1) is 6.92 Å². The molecule has 2 aromatic heterocycles. The summed E-state index contributed by atoms with van der Waals surface area (Å²) in [5.74, 6) is 0.961. The van der Waals surface area contributed by atoms with Gasteiger partial charge in [0.2, 0.25) is 5.91 Å². The van der Waals surface area contributed by atoms with Gasteiger partial charge < -0.3 is 19.4 Å². The normalized spacial score (nSPS) is 10.8. The lowest BCUT2D eigenvalue weighted by molar-refractivity contribution is -0.142. The van der Waals surface area contributed by atoms with E-state index in [1.807, 2.05) is 30.5 Å². The van der Waals surface area contributed by atoms with E-state index in [9.17, 15) is 9.59 Å².